The third kappa shape index (κ3) is 7.43. The Morgan fingerprint density at radius 3 is 0.529 bits per heavy atom. The van der Waals surface area contributed by atoms with Gasteiger partial charge in [0.2, 0.25) is 0 Å². The van der Waals surface area contributed by atoms with Gasteiger partial charge in [0.1, 0.15) is 30.9 Å². The van der Waals surface area contributed by atoms with E-state index >= 15 is 0 Å². The van der Waals surface area contributed by atoms with Crippen LogP contribution >= 0.6 is 15.8 Å². The first-order valence-electron chi connectivity index (χ1n) is 19.4. The summed E-state index contributed by atoms with van der Waals surface area (Å²) in [4.78, 5) is 0. The minimum absolute atomic E-state index is 0. The molecule has 0 aliphatic heterocycles. The first kappa shape index (κ1) is 42.1. The summed E-state index contributed by atoms with van der Waals surface area (Å²) in [5.74, 6) is 3.41. The van der Waals surface area contributed by atoms with Gasteiger partial charge in [0.15, 0.2) is 0 Å². The van der Waals surface area contributed by atoms with Crippen molar-refractivity contribution in [3.05, 3.63) is 146 Å². The summed E-state index contributed by atoms with van der Waals surface area (Å²) in [5.41, 5.74) is 0. The predicted molar refractivity (Wildman–Crippen MR) is 232 cm³/mol. The predicted octanol–water partition coefficient (Wildman–Crippen LogP) is 13.5. The van der Waals surface area contributed by atoms with Crippen molar-refractivity contribution in [2.45, 2.75) is 114 Å². The van der Waals surface area contributed by atoms with E-state index in [0.29, 0.717) is 35.5 Å². The van der Waals surface area contributed by atoms with E-state index in [2.05, 4.69) is 229 Å². The summed E-state index contributed by atoms with van der Waals surface area (Å²) in [6.07, 6.45) is 56.8. The molecule has 0 aromatic rings. The smallest absolute Gasteiger partial charge is 0.0772 e. The topological polar surface area (TPSA) is 0 Å². The molecule has 51 heavy (non-hydrogen) atoms. The van der Waals surface area contributed by atoms with Gasteiger partial charge in [-0.3, -0.25) is 0 Å². The Balaban J connectivity index is 0.000000224. The maximum absolute atomic E-state index is 2.53. The molecular formula is C48H68P2Pd+2. The van der Waals surface area contributed by atoms with Gasteiger partial charge in [0.25, 0.3) is 0 Å². The van der Waals surface area contributed by atoms with Crippen molar-refractivity contribution in [2.75, 3.05) is 0 Å². The maximum atomic E-state index is 2.53. The molecule has 0 heterocycles. The fraction of sp³-hybridized carbons (Fsp3) is 0.500. The van der Waals surface area contributed by atoms with Crippen LogP contribution in [0, 0.1) is 35.5 Å². The van der Waals surface area contributed by atoms with Crippen LogP contribution in [0.4, 0.5) is 0 Å². The van der Waals surface area contributed by atoms with Crippen molar-refractivity contribution in [1.82, 2.24) is 0 Å². The molecule has 278 valence electrons. The molecule has 0 N–H and O–H groups in total. The van der Waals surface area contributed by atoms with E-state index in [1.54, 1.807) is 0 Å². The fourth-order valence-corrected chi connectivity index (χ4v) is 22.2. The Kier molecular flexibility index (Phi) is 13.2. The van der Waals surface area contributed by atoms with Crippen molar-refractivity contribution in [1.29, 1.82) is 0 Å². The van der Waals surface area contributed by atoms with Gasteiger partial charge < -0.3 is 0 Å². The molecule has 3 heteroatoms. The Labute approximate surface area is 329 Å². The first-order valence-corrected chi connectivity index (χ1v) is 22.4. The molecule has 0 saturated carbocycles. The largest absolute Gasteiger partial charge is 0.101 e. The van der Waals surface area contributed by atoms with Crippen LogP contribution in [-0.2, 0) is 20.4 Å². The van der Waals surface area contributed by atoms with Crippen LogP contribution in [0.2, 0.25) is 0 Å². The van der Waals surface area contributed by atoms with Crippen molar-refractivity contribution in [2.24, 2.45) is 35.5 Å². The van der Waals surface area contributed by atoms with Crippen LogP contribution in [0.3, 0.4) is 0 Å². The van der Waals surface area contributed by atoms with Crippen LogP contribution < -0.4 is 0 Å². The van der Waals surface area contributed by atoms with Crippen molar-refractivity contribution >= 4 is 15.8 Å². The number of allylic oxidation sites excluding steroid dienone is 24. The van der Waals surface area contributed by atoms with Crippen LogP contribution in [-0.4, -0.2) is 30.9 Å². The van der Waals surface area contributed by atoms with Crippen LogP contribution in [0.1, 0.15) is 83.1 Å². The van der Waals surface area contributed by atoms with E-state index in [1.807, 2.05) is 0 Å². The molecule has 6 aliphatic carbocycles. The quantitative estimate of drug-likeness (QED) is 0.185. The van der Waals surface area contributed by atoms with Gasteiger partial charge in [-0.05, 0) is 78.0 Å². The number of rotatable bonds is 6. The van der Waals surface area contributed by atoms with Gasteiger partial charge in [-0.15, -0.1) is 0 Å². The second kappa shape index (κ2) is 16.0. The summed E-state index contributed by atoms with van der Waals surface area (Å²) in [7, 11) is -1.80. The zero-order chi connectivity index (χ0) is 36.6. The molecular weight excluding hydrogens is 745 g/mol. The zero-order valence-electron chi connectivity index (χ0n) is 33.6. The number of hydrogen-bond donors (Lipinski definition) is 0. The molecule has 6 rings (SSSR count). The second-order valence-corrected chi connectivity index (χ2v) is 25.6. The number of hydrogen-bond acceptors (Lipinski definition) is 0. The molecule has 0 aromatic heterocycles. The molecule has 0 bridgehead atoms. The van der Waals surface area contributed by atoms with E-state index < -0.39 is 15.8 Å². The van der Waals surface area contributed by atoms with E-state index in [1.165, 1.54) is 0 Å². The zero-order valence-corrected chi connectivity index (χ0v) is 37.2. The van der Waals surface area contributed by atoms with Gasteiger partial charge in [0.05, 0.1) is 0 Å². The average Bonchev–Trinajstić information content (AvgIpc) is 3.07. The molecule has 0 nitrogen and oxygen atoms in total. The van der Waals surface area contributed by atoms with Crippen LogP contribution in [0.15, 0.2) is 146 Å². The summed E-state index contributed by atoms with van der Waals surface area (Å²) in [6.45, 7) is 29.7. The SMILES string of the molecule is CC1C=CC=CC1(C)[PH+](C1(C)C=CC=CC1C)C1(C)C=CC=CC1C.CC1C=CC=CC1(C)[PH+](C1(C)C=CC=CC1C)C1(C)C=CC=CC1C.[Pd]. The normalized spacial score (nSPS) is 45.6. The molecule has 0 fully saturated rings. The minimum Gasteiger partial charge on any atom is -0.0772 e. The molecule has 0 saturated heterocycles. The molecule has 0 spiro atoms. The summed E-state index contributed by atoms with van der Waals surface area (Å²) >= 11 is 0. The van der Waals surface area contributed by atoms with E-state index in [9.17, 15) is 0 Å². The Morgan fingerprint density at radius 1 is 0.275 bits per heavy atom. The first-order chi connectivity index (χ1) is 23.5. The second-order valence-electron chi connectivity index (χ2n) is 17.6. The third-order valence-corrected chi connectivity index (χ3v) is 24.8. The van der Waals surface area contributed by atoms with Crippen molar-refractivity contribution in [3.63, 3.8) is 0 Å². The van der Waals surface area contributed by atoms with Crippen LogP contribution in [0.5, 0.6) is 0 Å². The van der Waals surface area contributed by atoms with Crippen molar-refractivity contribution in [3.8, 4) is 0 Å². The summed E-state index contributed by atoms with van der Waals surface area (Å²) in [5, 5.41) is 1.31. The molecule has 12 atom stereocenters. The standard InChI is InChI=1S/2C24H33P.Pd/c2*1-19-13-7-10-16-22(19,4)25(23(5)17-11-8-14-20(23)2)24(6)18-12-9-15-21(24)3;/h2*7-21H,1-6H3;/p+2. The maximum Gasteiger partial charge on any atom is 0.101 e. The van der Waals surface area contributed by atoms with E-state index in [-0.39, 0.29) is 51.4 Å². The van der Waals surface area contributed by atoms with Gasteiger partial charge >= 0.3 is 0 Å². The third-order valence-electron chi connectivity index (χ3n) is 14.6. The molecule has 0 amide bonds. The Morgan fingerprint density at radius 2 is 0.412 bits per heavy atom. The van der Waals surface area contributed by atoms with Gasteiger partial charge in [0, 0.05) is 71.8 Å². The molecule has 0 radical (unpaired) electrons. The van der Waals surface area contributed by atoms with E-state index in [0.717, 1.165) is 0 Å². The van der Waals surface area contributed by atoms with Gasteiger partial charge in [-0.25, -0.2) is 0 Å². The van der Waals surface area contributed by atoms with E-state index in [4.69, 9.17) is 0 Å². The summed E-state index contributed by atoms with van der Waals surface area (Å²) in [6, 6.07) is 0. The van der Waals surface area contributed by atoms with Gasteiger partial charge in [-0.1, -0.05) is 151 Å². The molecule has 6 aliphatic rings. The molecule has 0 aromatic carbocycles. The Bertz CT molecular complexity index is 1320. The monoisotopic (exact) mass is 812 g/mol. The summed E-state index contributed by atoms with van der Waals surface area (Å²) < 4.78 is 0. The fourth-order valence-electron chi connectivity index (χ4n) is 10.4. The van der Waals surface area contributed by atoms with Crippen LogP contribution in [0.25, 0.3) is 0 Å². The average molecular weight is 813 g/mol. The minimum atomic E-state index is -0.902. The molecule has 12 unspecified atom stereocenters. The van der Waals surface area contributed by atoms with Gasteiger partial charge in [-0.2, -0.15) is 0 Å². The van der Waals surface area contributed by atoms with Crippen molar-refractivity contribution < 1.29 is 20.4 Å². The Hall–Kier alpha value is -1.60.